The average Bonchev–Trinajstić information content (AvgIpc) is 3.10. The van der Waals surface area contributed by atoms with Crippen molar-refractivity contribution in [2.24, 2.45) is 5.73 Å². The Bertz CT molecular complexity index is 861. The standard InChI is InChI=1S/C23H30N4O5/c1-16-7-12-22(30)27(16)13-5-3-4-6-20(28)25-15-21(29)26-18-10-8-17(9-11-18)14-19(24)23(31)32-2/h7-12,19H,1,3-6,13-15,24H2,2H3,(H,25,28)(H,26,29)/t19-/m0/s1. The first kappa shape index (κ1) is 24.8. The van der Waals surface area contributed by atoms with Crippen LogP contribution in [-0.2, 0) is 30.3 Å². The number of allylic oxidation sites excluding steroid dienone is 1. The van der Waals surface area contributed by atoms with Crippen molar-refractivity contribution in [1.29, 1.82) is 0 Å². The van der Waals surface area contributed by atoms with Crippen LogP contribution in [-0.4, -0.2) is 54.8 Å². The van der Waals surface area contributed by atoms with E-state index in [1.165, 1.54) is 13.2 Å². The molecule has 0 fully saturated rings. The molecule has 1 aliphatic heterocycles. The summed E-state index contributed by atoms with van der Waals surface area (Å²) >= 11 is 0. The van der Waals surface area contributed by atoms with Crippen LogP contribution < -0.4 is 16.4 Å². The molecule has 0 unspecified atom stereocenters. The molecule has 1 heterocycles. The molecule has 0 aromatic heterocycles. The molecule has 9 nitrogen and oxygen atoms in total. The summed E-state index contributed by atoms with van der Waals surface area (Å²) in [5.74, 6) is -1.08. The smallest absolute Gasteiger partial charge is 0.322 e. The molecule has 0 saturated carbocycles. The number of nitrogens with zero attached hydrogens (tertiary/aromatic N) is 1. The number of amides is 3. The van der Waals surface area contributed by atoms with Crippen molar-refractivity contribution < 1.29 is 23.9 Å². The number of unbranched alkanes of at least 4 members (excludes halogenated alkanes) is 2. The van der Waals surface area contributed by atoms with Crippen LogP contribution in [0.4, 0.5) is 5.69 Å². The normalized spacial score (nSPS) is 13.8. The number of hydrogen-bond acceptors (Lipinski definition) is 6. The lowest BCUT2D eigenvalue weighted by atomic mass is 10.1. The van der Waals surface area contributed by atoms with Gasteiger partial charge in [-0.1, -0.05) is 25.1 Å². The largest absolute Gasteiger partial charge is 0.468 e. The molecule has 1 atom stereocenters. The predicted molar refractivity (Wildman–Crippen MR) is 120 cm³/mol. The lowest BCUT2D eigenvalue weighted by Gasteiger charge is -2.16. The number of esters is 1. The van der Waals surface area contributed by atoms with Gasteiger partial charge in [-0.15, -0.1) is 0 Å². The number of carbonyl (C=O) groups is 4. The Morgan fingerprint density at radius 1 is 1.09 bits per heavy atom. The third-order valence-electron chi connectivity index (χ3n) is 4.96. The van der Waals surface area contributed by atoms with Gasteiger partial charge in [0.1, 0.15) is 6.04 Å². The zero-order chi connectivity index (χ0) is 23.5. The number of anilines is 1. The van der Waals surface area contributed by atoms with Crippen molar-refractivity contribution in [3.63, 3.8) is 0 Å². The zero-order valence-electron chi connectivity index (χ0n) is 18.3. The highest BCUT2D eigenvalue weighted by molar-refractivity contribution is 5.94. The van der Waals surface area contributed by atoms with E-state index in [1.54, 1.807) is 35.2 Å². The second kappa shape index (κ2) is 12.4. The van der Waals surface area contributed by atoms with E-state index < -0.39 is 12.0 Å². The van der Waals surface area contributed by atoms with E-state index in [4.69, 9.17) is 5.73 Å². The van der Waals surface area contributed by atoms with Gasteiger partial charge in [-0.3, -0.25) is 19.2 Å². The number of ether oxygens (including phenoxy) is 1. The second-order valence-electron chi connectivity index (χ2n) is 7.48. The summed E-state index contributed by atoms with van der Waals surface area (Å²) < 4.78 is 4.60. The number of benzene rings is 1. The minimum Gasteiger partial charge on any atom is -0.468 e. The summed E-state index contributed by atoms with van der Waals surface area (Å²) in [6.07, 6.45) is 6.08. The number of hydrogen-bond donors (Lipinski definition) is 3. The molecule has 1 aromatic rings. The number of carbonyl (C=O) groups excluding carboxylic acids is 4. The van der Waals surface area contributed by atoms with Crippen LogP contribution in [0, 0.1) is 0 Å². The highest BCUT2D eigenvalue weighted by atomic mass is 16.5. The average molecular weight is 443 g/mol. The van der Waals surface area contributed by atoms with E-state index in [0.717, 1.165) is 18.4 Å². The SMILES string of the molecule is C=C1C=CC(=O)N1CCCCCC(=O)NCC(=O)Nc1ccc(C[C@H](N)C(=O)OC)cc1. The predicted octanol–water partition coefficient (Wildman–Crippen LogP) is 1.26. The third kappa shape index (κ3) is 7.99. The molecule has 0 aliphatic carbocycles. The molecule has 1 aliphatic rings. The zero-order valence-corrected chi connectivity index (χ0v) is 18.3. The molecule has 9 heteroatoms. The Morgan fingerprint density at radius 2 is 1.81 bits per heavy atom. The number of nitrogens with two attached hydrogens (primary N) is 1. The van der Waals surface area contributed by atoms with Gasteiger partial charge in [0.15, 0.2) is 0 Å². The molecule has 2 rings (SSSR count). The Kier molecular flexibility index (Phi) is 9.62. The summed E-state index contributed by atoms with van der Waals surface area (Å²) in [6, 6.07) is 6.19. The first-order valence-electron chi connectivity index (χ1n) is 10.5. The fourth-order valence-electron chi connectivity index (χ4n) is 3.16. The lowest BCUT2D eigenvalue weighted by Crippen LogP contribution is -2.33. The fraction of sp³-hybridized carbons (Fsp3) is 0.391. The fourth-order valence-corrected chi connectivity index (χ4v) is 3.16. The maximum Gasteiger partial charge on any atom is 0.322 e. The maximum atomic E-state index is 12.0. The minimum atomic E-state index is -0.741. The molecule has 0 bridgehead atoms. The van der Waals surface area contributed by atoms with Crippen molar-refractivity contribution in [1.82, 2.24) is 10.2 Å². The molecule has 4 N–H and O–H groups in total. The van der Waals surface area contributed by atoms with E-state index in [2.05, 4.69) is 21.9 Å². The van der Waals surface area contributed by atoms with Gasteiger partial charge in [-0.05, 0) is 43.0 Å². The topological polar surface area (TPSA) is 131 Å². The maximum absolute atomic E-state index is 12.0. The van der Waals surface area contributed by atoms with E-state index in [0.29, 0.717) is 37.2 Å². The number of nitrogens with one attached hydrogen (secondary N) is 2. The Morgan fingerprint density at radius 3 is 2.44 bits per heavy atom. The summed E-state index contributed by atoms with van der Waals surface area (Å²) in [5, 5.41) is 5.30. The summed E-state index contributed by atoms with van der Waals surface area (Å²) in [7, 11) is 1.29. The Balaban J connectivity index is 1.60. The molecule has 32 heavy (non-hydrogen) atoms. The van der Waals surface area contributed by atoms with E-state index >= 15 is 0 Å². The second-order valence-corrected chi connectivity index (χ2v) is 7.48. The van der Waals surface area contributed by atoms with Crippen LogP contribution in [0.15, 0.2) is 48.7 Å². The molecule has 0 spiro atoms. The van der Waals surface area contributed by atoms with Crippen molar-refractivity contribution >= 4 is 29.4 Å². The van der Waals surface area contributed by atoms with Crippen LogP contribution in [0.25, 0.3) is 0 Å². The lowest BCUT2D eigenvalue weighted by molar-refractivity contribution is -0.142. The molecular weight excluding hydrogens is 412 g/mol. The van der Waals surface area contributed by atoms with Crippen LogP contribution in [0.1, 0.15) is 31.2 Å². The van der Waals surface area contributed by atoms with Gasteiger partial charge >= 0.3 is 5.97 Å². The highest BCUT2D eigenvalue weighted by Gasteiger charge is 2.17. The van der Waals surface area contributed by atoms with Crippen LogP contribution in [0.3, 0.4) is 0 Å². The third-order valence-corrected chi connectivity index (χ3v) is 4.96. The van der Waals surface area contributed by atoms with Crippen LogP contribution >= 0.6 is 0 Å². The monoisotopic (exact) mass is 442 g/mol. The van der Waals surface area contributed by atoms with E-state index in [-0.39, 0.29) is 24.3 Å². The Hall–Kier alpha value is -3.46. The van der Waals surface area contributed by atoms with Crippen molar-refractivity contribution in [3.8, 4) is 0 Å². The summed E-state index contributed by atoms with van der Waals surface area (Å²) in [6.45, 7) is 4.27. The molecular formula is C23H30N4O5. The highest BCUT2D eigenvalue weighted by Crippen LogP contribution is 2.14. The summed E-state index contributed by atoms with van der Waals surface area (Å²) in [5.41, 5.74) is 7.84. The van der Waals surface area contributed by atoms with E-state index in [1.807, 2.05) is 0 Å². The quantitative estimate of drug-likeness (QED) is 0.330. The first-order chi connectivity index (χ1) is 15.3. The van der Waals surface area contributed by atoms with Crippen LogP contribution in [0.5, 0.6) is 0 Å². The van der Waals surface area contributed by atoms with Gasteiger partial charge in [0.2, 0.25) is 11.8 Å². The minimum absolute atomic E-state index is 0.0573. The van der Waals surface area contributed by atoms with Gasteiger partial charge in [0.25, 0.3) is 5.91 Å². The van der Waals surface area contributed by atoms with Crippen molar-refractivity contribution in [2.75, 3.05) is 25.5 Å². The van der Waals surface area contributed by atoms with Crippen molar-refractivity contribution in [3.05, 3.63) is 54.3 Å². The van der Waals surface area contributed by atoms with E-state index in [9.17, 15) is 19.2 Å². The molecule has 0 radical (unpaired) electrons. The summed E-state index contributed by atoms with van der Waals surface area (Å²) in [4.78, 5) is 48.5. The first-order valence-corrected chi connectivity index (χ1v) is 10.5. The molecule has 172 valence electrons. The van der Waals surface area contributed by atoms with Gasteiger partial charge in [-0.2, -0.15) is 0 Å². The molecule has 3 amide bonds. The Labute approximate surface area is 187 Å². The van der Waals surface area contributed by atoms with Gasteiger partial charge in [0, 0.05) is 30.4 Å². The molecule has 0 saturated heterocycles. The molecule has 1 aromatic carbocycles. The number of rotatable bonds is 12. The van der Waals surface area contributed by atoms with Crippen LogP contribution in [0.2, 0.25) is 0 Å². The van der Waals surface area contributed by atoms with Gasteiger partial charge < -0.3 is 26.0 Å². The number of methoxy groups -OCH3 is 1. The van der Waals surface area contributed by atoms with Crippen molar-refractivity contribution in [2.45, 2.75) is 38.1 Å². The van der Waals surface area contributed by atoms with Gasteiger partial charge in [-0.25, -0.2) is 0 Å². The van der Waals surface area contributed by atoms with Gasteiger partial charge in [0.05, 0.1) is 13.7 Å².